The largest absolute Gasteiger partial charge is 0.339 e. The van der Waals surface area contributed by atoms with Gasteiger partial charge in [-0.2, -0.15) is 4.98 Å². The second-order valence-corrected chi connectivity index (χ2v) is 9.11. The van der Waals surface area contributed by atoms with Gasteiger partial charge in [0.25, 0.3) is 10.0 Å². The van der Waals surface area contributed by atoms with E-state index in [0.29, 0.717) is 33.9 Å². The average molecular weight is 396 g/mol. The Morgan fingerprint density at radius 3 is 2.84 bits per heavy atom. The molecule has 1 N–H and O–H groups in total. The molecule has 130 valence electrons. The Bertz CT molecular complexity index is 1010. The highest BCUT2D eigenvalue weighted by molar-refractivity contribution is 7.94. The predicted molar refractivity (Wildman–Crippen MR) is 96.5 cm³/mol. The van der Waals surface area contributed by atoms with Crippen molar-refractivity contribution in [3.8, 4) is 11.4 Å². The number of nitrogens with zero attached hydrogens (tertiary/aromatic N) is 2. The number of anilines is 1. The molecular weight excluding hydrogens is 382 g/mol. The normalized spacial score (nSPS) is 15.1. The third kappa shape index (κ3) is 3.42. The van der Waals surface area contributed by atoms with Crippen LogP contribution in [0.1, 0.15) is 31.1 Å². The van der Waals surface area contributed by atoms with Crippen LogP contribution in [0.3, 0.4) is 0 Å². The van der Waals surface area contributed by atoms with Gasteiger partial charge >= 0.3 is 0 Å². The molecule has 0 spiro atoms. The number of hydrogen-bond donors (Lipinski definition) is 1. The van der Waals surface area contributed by atoms with E-state index in [2.05, 4.69) is 14.9 Å². The molecule has 1 aliphatic carbocycles. The SMILES string of the molecule is O=S(=O)(Nc1cccc(Cl)c1)c1cc(-c2noc(C3CCC3)n2)cs1. The standard InChI is InChI=1S/C16H14ClN3O3S2/c17-12-5-2-6-13(8-12)20-25(21,22)14-7-11(9-24-14)15-18-16(23-19-15)10-3-1-4-10/h2,5-10,20H,1,3-4H2. The lowest BCUT2D eigenvalue weighted by atomic mass is 9.85. The van der Waals surface area contributed by atoms with E-state index in [0.717, 1.165) is 24.2 Å². The van der Waals surface area contributed by atoms with Gasteiger partial charge in [0, 0.05) is 21.9 Å². The third-order valence-corrected chi connectivity index (χ3v) is 7.13. The number of nitrogens with one attached hydrogen (secondary N) is 1. The quantitative estimate of drug-likeness (QED) is 0.686. The molecule has 25 heavy (non-hydrogen) atoms. The zero-order valence-corrected chi connectivity index (χ0v) is 15.4. The lowest BCUT2D eigenvalue weighted by Gasteiger charge is -2.20. The van der Waals surface area contributed by atoms with E-state index in [-0.39, 0.29) is 4.21 Å². The molecule has 3 aromatic rings. The van der Waals surface area contributed by atoms with Gasteiger partial charge in [0.1, 0.15) is 4.21 Å². The van der Waals surface area contributed by atoms with Gasteiger partial charge in [-0.15, -0.1) is 11.3 Å². The lowest BCUT2D eigenvalue weighted by Crippen LogP contribution is -2.11. The van der Waals surface area contributed by atoms with Crippen molar-refractivity contribution >= 4 is 38.6 Å². The number of benzene rings is 1. The number of rotatable bonds is 5. The molecule has 2 aromatic heterocycles. The molecule has 0 unspecified atom stereocenters. The smallest absolute Gasteiger partial charge is 0.271 e. The topological polar surface area (TPSA) is 85.1 Å². The van der Waals surface area contributed by atoms with Crippen LogP contribution in [0.5, 0.6) is 0 Å². The second-order valence-electron chi connectivity index (χ2n) is 5.85. The summed E-state index contributed by atoms with van der Waals surface area (Å²) in [5, 5.41) is 6.14. The Morgan fingerprint density at radius 1 is 1.28 bits per heavy atom. The summed E-state index contributed by atoms with van der Waals surface area (Å²) in [5.74, 6) is 1.39. The van der Waals surface area contributed by atoms with Gasteiger partial charge in [0.05, 0.1) is 5.69 Å². The van der Waals surface area contributed by atoms with Crippen LogP contribution in [0.4, 0.5) is 5.69 Å². The van der Waals surface area contributed by atoms with Crippen molar-refractivity contribution in [2.45, 2.75) is 29.4 Å². The van der Waals surface area contributed by atoms with Gasteiger partial charge in [-0.25, -0.2) is 8.42 Å². The van der Waals surface area contributed by atoms with E-state index in [1.54, 1.807) is 35.7 Å². The van der Waals surface area contributed by atoms with Gasteiger partial charge in [0.15, 0.2) is 0 Å². The molecule has 9 heteroatoms. The third-order valence-electron chi connectivity index (χ3n) is 4.07. The Kier molecular flexibility index (Phi) is 4.26. The van der Waals surface area contributed by atoms with Crippen LogP contribution in [0.25, 0.3) is 11.4 Å². The maximum atomic E-state index is 12.5. The van der Waals surface area contributed by atoms with Crippen LogP contribution in [-0.2, 0) is 10.0 Å². The summed E-state index contributed by atoms with van der Waals surface area (Å²) >= 11 is 7.00. The highest BCUT2D eigenvalue weighted by Gasteiger charge is 2.26. The molecule has 4 rings (SSSR count). The lowest BCUT2D eigenvalue weighted by molar-refractivity contribution is 0.292. The van der Waals surface area contributed by atoms with Crippen molar-refractivity contribution in [1.29, 1.82) is 0 Å². The van der Waals surface area contributed by atoms with Crippen molar-refractivity contribution < 1.29 is 12.9 Å². The fraction of sp³-hybridized carbons (Fsp3) is 0.250. The van der Waals surface area contributed by atoms with Gasteiger partial charge < -0.3 is 4.52 Å². The zero-order chi connectivity index (χ0) is 17.4. The Morgan fingerprint density at radius 2 is 2.12 bits per heavy atom. The molecule has 0 saturated heterocycles. The number of thiophene rings is 1. The highest BCUT2D eigenvalue weighted by atomic mass is 35.5. The van der Waals surface area contributed by atoms with Crippen molar-refractivity contribution in [2.24, 2.45) is 0 Å². The first kappa shape index (κ1) is 16.6. The van der Waals surface area contributed by atoms with Crippen LogP contribution in [0, 0.1) is 0 Å². The summed E-state index contributed by atoms with van der Waals surface area (Å²) in [5.41, 5.74) is 1.04. The summed E-state index contributed by atoms with van der Waals surface area (Å²) in [4.78, 5) is 4.39. The zero-order valence-electron chi connectivity index (χ0n) is 13.0. The summed E-state index contributed by atoms with van der Waals surface area (Å²) in [6.07, 6.45) is 3.31. The number of aromatic nitrogens is 2. The minimum atomic E-state index is -3.70. The number of hydrogen-bond acceptors (Lipinski definition) is 6. The summed E-state index contributed by atoms with van der Waals surface area (Å²) in [6.45, 7) is 0. The maximum Gasteiger partial charge on any atom is 0.271 e. The van der Waals surface area contributed by atoms with E-state index < -0.39 is 10.0 Å². The first-order valence-electron chi connectivity index (χ1n) is 7.72. The highest BCUT2D eigenvalue weighted by Crippen LogP contribution is 2.36. The fourth-order valence-electron chi connectivity index (χ4n) is 2.51. The average Bonchev–Trinajstić information content (AvgIpc) is 3.13. The maximum absolute atomic E-state index is 12.5. The molecule has 1 aromatic carbocycles. The monoisotopic (exact) mass is 395 g/mol. The van der Waals surface area contributed by atoms with Crippen LogP contribution in [-0.4, -0.2) is 18.6 Å². The molecule has 6 nitrogen and oxygen atoms in total. The molecule has 0 aliphatic heterocycles. The fourth-order valence-corrected chi connectivity index (χ4v) is 4.90. The molecule has 0 amide bonds. The number of sulfonamides is 1. The summed E-state index contributed by atoms with van der Waals surface area (Å²) in [6, 6.07) is 8.10. The Balaban J connectivity index is 1.56. The van der Waals surface area contributed by atoms with Crippen molar-refractivity contribution in [3.05, 3.63) is 46.6 Å². The molecule has 0 bridgehead atoms. The van der Waals surface area contributed by atoms with E-state index in [9.17, 15) is 8.42 Å². The van der Waals surface area contributed by atoms with Crippen molar-refractivity contribution in [2.75, 3.05) is 4.72 Å². The first-order chi connectivity index (χ1) is 12.0. The van der Waals surface area contributed by atoms with Crippen molar-refractivity contribution in [1.82, 2.24) is 10.1 Å². The predicted octanol–water partition coefficient (Wildman–Crippen LogP) is 4.52. The van der Waals surface area contributed by atoms with E-state index in [1.807, 2.05) is 0 Å². The van der Waals surface area contributed by atoms with Crippen LogP contribution in [0.15, 0.2) is 44.4 Å². The summed E-state index contributed by atoms with van der Waals surface area (Å²) < 4.78 is 33.0. The van der Waals surface area contributed by atoms with Crippen LogP contribution >= 0.6 is 22.9 Å². The Labute approximate surface area is 153 Å². The van der Waals surface area contributed by atoms with Crippen LogP contribution in [0.2, 0.25) is 5.02 Å². The molecule has 1 aliphatic rings. The minimum Gasteiger partial charge on any atom is -0.339 e. The summed E-state index contributed by atoms with van der Waals surface area (Å²) in [7, 11) is -3.70. The second kappa shape index (κ2) is 6.44. The van der Waals surface area contributed by atoms with E-state index in [4.69, 9.17) is 16.1 Å². The molecule has 0 radical (unpaired) electrons. The molecule has 1 saturated carbocycles. The minimum absolute atomic E-state index is 0.178. The van der Waals surface area contributed by atoms with Gasteiger partial charge in [-0.05, 0) is 37.1 Å². The van der Waals surface area contributed by atoms with Crippen LogP contribution < -0.4 is 4.72 Å². The van der Waals surface area contributed by atoms with Gasteiger partial charge in [-0.1, -0.05) is 29.2 Å². The molecular formula is C16H14ClN3O3S2. The first-order valence-corrected chi connectivity index (χ1v) is 10.5. The van der Waals surface area contributed by atoms with Crippen molar-refractivity contribution in [3.63, 3.8) is 0 Å². The Hall–Kier alpha value is -1.90. The molecule has 2 heterocycles. The molecule has 1 fully saturated rings. The van der Waals surface area contributed by atoms with Gasteiger partial charge in [0.2, 0.25) is 11.7 Å². The number of halogens is 1. The van der Waals surface area contributed by atoms with Gasteiger partial charge in [-0.3, -0.25) is 4.72 Å². The van der Waals surface area contributed by atoms with E-state index >= 15 is 0 Å². The van der Waals surface area contributed by atoms with E-state index in [1.165, 1.54) is 6.42 Å². The molecule has 0 atom stereocenters.